The van der Waals surface area contributed by atoms with Crippen molar-refractivity contribution in [3.63, 3.8) is 0 Å². The zero-order valence-corrected chi connectivity index (χ0v) is 20.1. The Kier molecular flexibility index (Phi) is 6.83. The molecule has 0 spiro atoms. The zero-order chi connectivity index (χ0) is 24.3. The van der Waals surface area contributed by atoms with Gasteiger partial charge in [0, 0.05) is 23.4 Å². The first kappa shape index (κ1) is 24.1. The largest absolute Gasteiger partial charge is 0.424 e. The Balaban J connectivity index is 1.47. The van der Waals surface area contributed by atoms with Crippen LogP contribution >= 0.6 is 18.9 Å². The summed E-state index contributed by atoms with van der Waals surface area (Å²) in [4.78, 5) is 20.4. The van der Waals surface area contributed by atoms with E-state index >= 15 is 0 Å². The van der Waals surface area contributed by atoms with Crippen molar-refractivity contribution < 1.29 is 27.3 Å². The van der Waals surface area contributed by atoms with E-state index in [1.165, 1.54) is 29.5 Å². The van der Waals surface area contributed by atoms with Crippen molar-refractivity contribution in [2.75, 3.05) is 6.29 Å². The van der Waals surface area contributed by atoms with Gasteiger partial charge < -0.3 is 14.7 Å². The maximum absolute atomic E-state index is 13.3. The molecule has 0 aliphatic carbocycles. The number of thiophene rings is 1. The monoisotopic (exact) mass is 518 g/mol. The predicted molar refractivity (Wildman–Crippen MR) is 129 cm³/mol. The van der Waals surface area contributed by atoms with Crippen molar-refractivity contribution in [1.29, 1.82) is 0 Å². The van der Waals surface area contributed by atoms with Gasteiger partial charge in [-0.2, -0.15) is 0 Å². The lowest BCUT2D eigenvalue weighted by molar-refractivity contribution is -0.384. The Morgan fingerprint density at radius 2 is 1.71 bits per heavy atom. The topological polar surface area (TPSA) is 136 Å². The summed E-state index contributed by atoms with van der Waals surface area (Å²) in [5.41, 5.74) is 0.269. The molecule has 34 heavy (non-hydrogen) atoms. The van der Waals surface area contributed by atoms with Crippen molar-refractivity contribution in [3.05, 3.63) is 94.5 Å². The number of nitro benzene ring substituents is 1. The molecule has 0 aliphatic rings. The number of fused-ring (bicyclic) bond motifs is 1. The molecule has 4 rings (SSSR count). The number of rotatable bonds is 9. The van der Waals surface area contributed by atoms with Crippen LogP contribution in [0.2, 0.25) is 0 Å². The van der Waals surface area contributed by atoms with Crippen LogP contribution in [0.3, 0.4) is 0 Å². The molecule has 1 atom stereocenters. The third-order valence-corrected chi connectivity index (χ3v) is 9.42. The molecular formula is C22H19N2O7PS2. The number of sulfone groups is 1. The SMILES string of the molecule is O=[N+]([O-])c1ccc(OP(=O)(O)CNCc2ccccc2S(=O)(=O)c2cc3ccccc3s2)cc1. The van der Waals surface area contributed by atoms with Crippen molar-refractivity contribution >= 4 is 44.5 Å². The lowest BCUT2D eigenvalue weighted by Crippen LogP contribution is -2.18. The molecule has 12 heteroatoms. The molecule has 0 bridgehead atoms. The van der Waals surface area contributed by atoms with Crippen LogP contribution in [-0.2, 0) is 20.9 Å². The summed E-state index contributed by atoms with van der Waals surface area (Å²) < 4.78 is 45.2. The number of non-ortho nitro benzene ring substituents is 1. The number of hydrogen-bond acceptors (Lipinski definition) is 8. The molecule has 176 valence electrons. The average Bonchev–Trinajstić information content (AvgIpc) is 3.25. The van der Waals surface area contributed by atoms with Gasteiger partial charge >= 0.3 is 7.60 Å². The van der Waals surface area contributed by atoms with E-state index in [-0.39, 0.29) is 27.1 Å². The van der Waals surface area contributed by atoms with E-state index < -0.39 is 28.6 Å². The number of hydrogen-bond donors (Lipinski definition) is 2. The molecule has 9 nitrogen and oxygen atoms in total. The van der Waals surface area contributed by atoms with Crippen molar-refractivity contribution in [2.45, 2.75) is 15.6 Å². The van der Waals surface area contributed by atoms with Gasteiger partial charge in [-0.15, -0.1) is 11.3 Å². The van der Waals surface area contributed by atoms with Gasteiger partial charge in [0.25, 0.3) is 5.69 Å². The van der Waals surface area contributed by atoms with E-state index in [9.17, 15) is 28.0 Å². The molecule has 0 aliphatic heterocycles. The second-order valence-corrected chi connectivity index (χ2v) is 12.3. The first-order valence-electron chi connectivity index (χ1n) is 9.94. The van der Waals surface area contributed by atoms with Crippen LogP contribution in [-0.4, -0.2) is 24.5 Å². The van der Waals surface area contributed by atoms with Crippen molar-refractivity contribution in [2.24, 2.45) is 0 Å². The Morgan fingerprint density at radius 1 is 1.03 bits per heavy atom. The van der Waals surface area contributed by atoms with E-state index in [0.717, 1.165) is 22.2 Å². The molecule has 1 unspecified atom stereocenters. The van der Waals surface area contributed by atoms with Gasteiger partial charge in [-0.25, -0.2) is 13.0 Å². The highest BCUT2D eigenvalue weighted by atomic mass is 32.2. The van der Waals surface area contributed by atoms with Crippen LogP contribution in [0.15, 0.2) is 88.0 Å². The molecule has 3 aromatic carbocycles. The highest BCUT2D eigenvalue weighted by Crippen LogP contribution is 2.42. The molecule has 0 fully saturated rings. The molecule has 2 N–H and O–H groups in total. The van der Waals surface area contributed by atoms with E-state index in [1.54, 1.807) is 24.3 Å². The minimum Gasteiger partial charge on any atom is -0.424 e. The minimum atomic E-state index is -4.15. The zero-order valence-electron chi connectivity index (χ0n) is 17.5. The smallest absolute Gasteiger partial charge is 0.390 e. The summed E-state index contributed by atoms with van der Waals surface area (Å²) in [6.45, 7) is 0.00840. The highest BCUT2D eigenvalue weighted by molar-refractivity contribution is 7.93. The minimum absolute atomic E-state index is 0.00553. The van der Waals surface area contributed by atoms with E-state index in [4.69, 9.17) is 4.52 Å². The van der Waals surface area contributed by atoms with Gasteiger partial charge in [-0.3, -0.25) is 10.1 Å². The van der Waals surface area contributed by atoms with Crippen LogP contribution in [0.25, 0.3) is 10.1 Å². The third kappa shape index (κ3) is 5.35. The van der Waals surface area contributed by atoms with Crippen LogP contribution in [0.4, 0.5) is 5.69 Å². The van der Waals surface area contributed by atoms with Gasteiger partial charge in [-0.1, -0.05) is 36.4 Å². The molecule has 0 radical (unpaired) electrons. The third-order valence-electron chi connectivity index (χ3n) is 4.85. The molecule has 4 aromatic rings. The molecule has 1 heterocycles. The summed E-state index contributed by atoms with van der Waals surface area (Å²) in [5.74, 6) is 0.00553. The van der Waals surface area contributed by atoms with Gasteiger partial charge in [0.05, 0.1) is 9.82 Å². The number of nitrogens with one attached hydrogen (secondary N) is 1. The van der Waals surface area contributed by atoms with Crippen LogP contribution in [0.1, 0.15) is 5.56 Å². The standard InChI is InChI=1S/C22H19N2O7PS2/c25-24(26)18-9-11-19(12-10-18)31-32(27,28)15-23-14-17-6-2-4-8-21(17)34(29,30)22-13-16-5-1-3-7-20(16)33-22/h1-13,23H,14-15H2,(H,27,28). The summed E-state index contributed by atoms with van der Waals surface area (Å²) in [5, 5.41) is 14.3. The van der Waals surface area contributed by atoms with Crippen molar-refractivity contribution in [3.8, 4) is 5.75 Å². The lowest BCUT2D eigenvalue weighted by atomic mass is 10.2. The quantitative estimate of drug-likeness (QED) is 0.180. The van der Waals surface area contributed by atoms with Gasteiger partial charge in [-0.05, 0) is 41.3 Å². The van der Waals surface area contributed by atoms with Crippen LogP contribution < -0.4 is 9.84 Å². The summed E-state index contributed by atoms with van der Waals surface area (Å²) in [6, 6.07) is 20.3. The second-order valence-electron chi connectivity index (χ2n) is 7.28. The number of nitro groups is 1. The van der Waals surface area contributed by atoms with E-state index in [2.05, 4.69) is 5.32 Å². The highest BCUT2D eigenvalue weighted by Gasteiger charge is 2.25. The summed E-state index contributed by atoms with van der Waals surface area (Å²) in [6.07, 6.45) is -0.457. The summed E-state index contributed by atoms with van der Waals surface area (Å²) in [7, 11) is -7.95. The molecular weight excluding hydrogens is 499 g/mol. The number of nitrogens with zero attached hydrogens (tertiary/aromatic N) is 1. The Bertz CT molecular complexity index is 1470. The Hall–Kier alpha value is -3.08. The average molecular weight is 519 g/mol. The molecule has 0 saturated carbocycles. The van der Waals surface area contributed by atoms with Gasteiger partial charge in [0.2, 0.25) is 9.84 Å². The number of benzene rings is 3. The van der Waals surface area contributed by atoms with E-state index in [1.807, 2.05) is 24.3 Å². The maximum Gasteiger partial charge on any atom is 0.390 e. The molecule has 0 amide bonds. The predicted octanol–water partition coefficient (Wildman–Crippen LogP) is 4.95. The normalized spacial score (nSPS) is 13.4. The van der Waals surface area contributed by atoms with Gasteiger partial charge in [0.15, 0.2) is 0 Å². The fraction of sp³-hybridized carbons (Fsp3) is 0.0909. The second kappa shape index (κ2) is 9.65. The van der Waals surface area contributed by atoms with Crippen LogP contribution in [0.5, 0.6) is 5.75 Å². The van der Waals surface area contributed by atoms with Crippen molar-refractivity contribution in [1.82, 2.24) is 5.32 Å². The maximum atomic E-state index is 13.3. The fourth-order valence-electron chi connectivity index (χ4n) is 3.27. The molecule has 0 saturated heterocycles. The van der Waals surface area contributed by atoms with Crippen LogP contribution in [0, 0.1) is 10.1 Å². The Labute approximate surface area is 199 Å². The first-order chi connectivity index (χ1) is 16.2. The Morgan fingerprint density at radius 3 is 2.41 bits per heavy atom. The summed E-state index contributed by atoms with van der Waals surface area (Å²) >= 11 is 1.18. The fourth-order valence-corrected chi connectivity index (χ4v) is 7.19. The van der Waals surface area contributed by atoms with Gasteiger partial charge in [0.1, 0.15) is 16.2 Å². The molecule has 1 aromatic heterocycles. The first-order valence-corrected chi connectivity index (χ1v) is 14.0. The lowest BCUT2D eigenvalue weighted by Gasteiger charge is -2.15. The van der Waals surface area contributed by atoms with E-state index in [0.29, 0.717) is 5.56 Å².